The Morgan fingerprint density at radius 1 is 1.07 bits per heavy atom. The van der Waals surface area contributed by atoms with Crippen LogP contribution in [0.15, 0.2) is 59.5 Å². The van der Waals surface area contributed by atoms with Crippen molar-refractivity contribution in [2.45, 2.75) is 23.1 Å². The highest BCUT2D eigenvalue weighted by molar-refractivity contribution is 7.95. The van der Waals surface area contributed by atoms with Gasteiger partial charge in [-0.2, -0.15) is 13.2 Å². The van der Waals surface area contributed by atoms with Crippen LogP contribution >= 0.6 is 0 Å². The van der Waals surface area contributed by atoms with E-state index in [1.165, 1.54) is 17.4 Å². The fraction of sp³-hybridized carbons (Fsp3) is 0.235. The molecule has 0 aliphatic rings. The SMILES string of the molecule is CC(=O)Oc1ccc([S+](C)Cc2ccccc2)cc1.O=S(=O)([O-])C(F)(F)F. The second-order valence-corrected chi connectivity index (χ2v) is 8.64. The van der Waals surface area contributed by atoms with Gasteiger partial charge in [-0.3, -0.25) is 4.79 Å². The van der Waals surface area contributed by atoms with E-state index in [2.05, 4.69) is 30.5 Å². The monoisotopic (exact) mass is 422 g/mol. The number of hydrogen-bond donors (Lipinski definition) is 0. The van der Waals surface area contributed by atoms with Gasteiger partial charge in [-0.05, 0) is 24.3 Å². The summed E-state index contributed by atoms with van der Waals surface area (Å²) in [6, 6.07) is 18.2. The van der Waals surface area contributed by atoms with Crippen molar-refractivity contribution in [3.8, 4) is 5.75 Å². The van der Waals surface area contributed by atoms with E-state index in [1.54, 1.807) is 0 Å². The maximum atomic E-state index is 10.9. The average Bonchev–Trinajstić information content (AvgIpc) is 2.54. The first-order valence-corrected chi connectivity index (χ1v) is 10.6. The van der Waals surface area contributed by atoms with Crippen LogP contribution in [0.5, 0.6) is 5.75 Å². The zero-order valence-corrected chi connectivity index (χ0v) is 16.0. The van der Waals surface area contributed by atoms with Crippen molar-refractivity contribution in [2.24, 2.45) is 0 Å². The zero-order chi connectivity index (χ0) is 20.7. The lowest BCUT2D eigenvalue weighted by Crippen LogP contribution is -2.21. The minimum atomic E-state index is -6.09. The van der Waals surface area contributed by atoms with Crippen molar-refractivity contribution in [3.05, 3.63) is 60.2 Å². The molecule has 5 nitrogen and oxygen atoms in total. The van der Waals surface area contributed by atoms with Gasteiger partial charge in [0.2, 0.25) is 0 Å². The van der Waals surface area contributed by atoms with E-state index in [-0.39, 0.29) is 16.9 Å². The molecular formula is C17H17F3O5S2. The molecule has 0 aliphatic carbocycles. The van der Waals surface area contributed by atoms with Gasteiger partial charge < -0.3 is 9.29 Å². The summed E-state index contributed by atoms with van der Waals surface area (Å²) in [7, 11) is -5.94. The lowest BCUT2D eigenvalue weighted by atomic mass is 10.2. The Morgan fingerprint density at radius 3 is 1.96 bits per heavy atom. The molecule has 0 heterocycles. The number of carbonyl (C=O) groups is 1. The molecule has 2 aromatic carbocycles. The smallest absolute Gasteiger partial charge is 0.485 e. The highest BCUT2D eigenvalue weighted by Crippen LogP contribution is 2.21. The molecule has 0 saturated carbocycles. The lowest BCUT2D eigenvalue weighted by molar-refractivity contribution is -0.131. The molecule has 0 spiro atoms. The molecule has 1 unspecified atom stereocenters. The largest absolute Gasteiger partial charge is 0.741 e. The van der Waals surface area contributed by atoms with Crippen LogP contribution in [-0.2, 0) is 31.6 Å². The zero-order valence-electron chi connectivity index (χ0n) is 14.4. The summed E-state index contributed by atoms with van der Waals surface area (Å²) >= 11 is 0. The summed E-state index contributed by atoms with van der Waals surface area (Å²) in [6.45, 7) is 1.41. The second-order valence-electron chi connectivity index (χ2n) is 5.23. The number of halogens is 3. The number of benzene rings is 2. The predicted molar refractivity (Wildman–Crippen MR) is 95.2 cm³/mol. The first kappa shape index (κ1) is 23.0. The number of esters is 1. The molecule has 148 valence electrons. The van der Waals surface area contributed by atoms with Gasteiger partial charge in [0, 0.05) is 23.4 Å². The molecule has 0 fully saturated rings. The summed E-state index contributed by atoms with van der Waals surface area (Å²) in [5.74, 6) is 1.36. The normalized spacial score (nSPS) is 12.5. The summed E-state index contributed by atoms with van der Waals surface area (Å²) in [5.41, 5.74) is -4.30. The van der Waals surface area contributed by atoms with E-state index in [0.29, 0.717) is 5.75 Å². The number of rotatable bonds is 4. The summed E-state index contributed by atoms with van der Waals surface area (Å²) in [6.07, 6.45) is 2.23. The Bertz CT molecular complexity index is 835. The fourth-order valence-corrected chi connectivity index (χ4v) is 3.27. The van der Waals surface area contributed by atoms with Gasteiger partial charge in [0.1, 0.15) is 17.8 Å². The van der Waals surface area contributed by atoms with Crippen molar-refractivity contribution >= 4 is 27.0 Å². The van der Waals surface area contributed by atoms with Crippen molar-refractivity contribution in [2.75, 3.05) is 6.26 Å². The van der Waals surface area contributed by atoms with Crippen LogP contribution in [0.2, 0.25) is 0 Å². The third-order valence-electron chi connectivity index (χ3n) is 3.00. The summed E-state index contributed by atoms with van der Waals surface area (Å²) < 4.78 is 63.9. The predicted octanol–water partition coefficient (Wildman–Crippen LogP) is 3.47. The van der Waals surface area contributed by atoms with E-state index >= 15 is 0 Å². The Balaban J connectivity index is 0.000000387. The van der Waals surface area contributed by atoms with Gasteiger partial charge in [-0.1, -0.05) is 30.3 Å². The second kappa shape index (κ2) is 9.77. The Labute approximate surface area is 158 Å². The summed E-state index contributed by atoms with van der Waals surface area (Å²) in [4.78, 5) is 12.1. The van der Waals surface area contributed by atoms with Crippen LogP contribution in [0, 0.1) is 0 Å². The molecule has 0 aromatic heterocycles. The molecule has 10 heteroatoms. The molecular weight excluding hydrogens is 405 g/mol. The van der Waals surface area contributed by atoms with Gasteiger partial charge in [-0.15, -0.1) is 0 Å². The number of hydrogen-bond acceptors (Lipinski definition) is 5. The molecule has 0 N–H and O–H groups in total. The van der Waals surface area contributed by atoms with Gasteiger partial charge in [-0.25, -0.2) is 8.42 Å². The van der Waals surface area contributed by atoms with E-state index in [4.69, 9.17) is 17.7 Å². The van der Waals surface area contributed by atoms with E-state index in [1.807, 2.05) is 30.3 Å². The highest BCUT2D eigenvalue weighted by Gasteiger charge is 2.36. The third kappa shape index (κ3) is 8.46. The van der Waals surface area contributed by atoms with E-state index in [9.17, 15) is 18.0 Å². The van der Waals surface area contributed by atoms with E-state index in [0.717, 1.165) is 5.75 Å². The topological polar surface area (TPSA) is 83.5 Å². The maximum Gasteiger partial charge on any atom is 0.485 e. The fourth-order valence-electron chi connectivity index (χ4n) is 1.81. The molecule has 0 amide bonds. The maximum absolute atomic E-state index is 10.9. The molecule has 0 saturated heterocycles. The van der Waals surface area contributed by atoms with Gasteiger partial charge in [0.05, 0.1) is 0 Å². The minimum absolute atomic E-state index is 0.154. The molecule has 0 bridgehead atoms. The van der Waals surface area contributed by atoms with Crippen molar-refractivity contribution in [1.82, 2.24) is 0 Å². The van der Waals surface area contributed by atoms with Crippen LogP contribution < -0.4 is 4.74 Å². The molecule has 0 radical (unpaired) electrons. The summed E-state index contributed by atoms with van der Waals surface area (Å²) in [5, 5.41) is 0. The number of ether oxygens (including phenoxy) is 1. The first-order valence-electron chi connectivity index (χ1n) is 7.37. The van der Waals surface area contributed by atoms with Crippen molar-refractivity contribution < 1.29 is 35.7 Å². The Hall–Kier alpha value is -2.04. The quantitative estimate of drug-likeness (QED) is 0.248. The van der Waals surface area contributed by atoms with E-state index < -0.39 is 15.6 Å². The van der Waals surface area contributed by atoms with Crippen LogP contribution in [0.3, 0.4) is 0 Å². The van der Waals surface area contributed by atoms with Crippen molar-refractivity contribution in [3.63, 3.8) is 0 Å². The Kier molecular flexibility index (Phi) is 8.32. The van der Waals surface area contributed by atoms with Crippen LogP contribution in [0.4, 0.5) is 13.2 Å². The van der Waals surface area contributed by atoms with Gasteiger partial charge in [0.15, 0.2) is 15.0 Å². The van der Waals surface area contributed by atoms with Crippen LogP contribution in [0.1, 0.15) is 12.5 Å². The highest BCUT2D eigenvalue weighted by atomic mass is 32.2. The number of alkyl halides is 3. The van der Waals surface area contributed by atoms with Crippen molar-refractivity contribution in [1.29, 1.82) is 0 Å². The Morgan fingerprint density at radius 2 is 1.56 bits per heavy atom. The first-order chi connectivity index (χ1) is 12.4. The molecule has 2 rings (SSSR count). The molecule has 2 aromatic rings. The van der Waals surface area contributed by atoms with Gasteiger partial charge >= 0.3 is 11.5 Å². The molecule has 1 atom stereocenters. The number of carbonyl (C=O) groups excluding carboxylic acids is 1. The van der Waals surface area contributed by atoms with Crippen LogP contribution in [-0.4, -0.2) is 30.7 Å². The van der Waals surface area contributed by atoms with Gasteiger partial charge in [0.25, 0.3) is 0 Å². The molecule has 27 heavy (non-hydrogen) atoms. The lowest BCUT2D eigenvalue weighted by Gasteiger charge is -2.08. The molecule has 0 aliphatic heterocycles. The average molecular weight is 422 g/mol. The van der Waals surface area contributed by atoms with Crippen LogP contribution in [0.25, 0.3) is 0 Å². The third-order valence-corrected chi connectivity index (χ3v) is 5.41. The minimum Gasteiger partial charge on any atom is -0.741 e. The standard InChI is InChI=1S/C16H17O2S.CHF3O3S/c1-13(17)18-15-8-10-16(11-9-15)19(2)12-14-6-4-3-5-7-14;2-1(3,4)8(5,6)7/h3-11H,12H2,1-2H3;(H,5,6,7)/q+1;/p-1.